The number of rotatable bonds is 11. The van der Waals surface area contributed by atoms with E-state index in [0.717, 1.165) is 26.1 Å². The Morgan fingerprint density at radius 3 is 2.26 bits per heavy atom. The highest BCUT2D eigenvalue weighted by molar-refractivity contribution is 6.46. The molecule has 0 radical (unpaired) electrons. The highest BCUT2D eigenvalue weighted by atomic mass is 19.1. The lowest BCUT2D eigenvalue weighted by atomic mass is 9.95. The van der Waals surface area contributed by atoms with Crippen molar-refractivity contribution in [1.29, 1.82) is 0 Å². The Kier molecular flexibility index (Phi) is 8.82. The number of hydrogen-bond acceptors (Lipinski definition) is 4. The number of amides is 1. The molecule has 2 aromatic carbocycles. The van der Waals surface area contributed by atoms with Gasteiger partial charge >= 0.3 is 0 Å². The van der Waals surface area contributed by atoms with Crippen molar-refractivity contribution in [2.45, 2.75) is 39.7 Å². The first-order valence-corrected chi connectivity index (χ1v) is 12.0. The van der Waals surface area contributed by atoms with Crippen molar-refractivity contribution in [3.05, 3.63) is 71.0 Å². The van der Waals surface area contributed by atoms with E-state index in [0.29, 0.717) is 30.9 Å². The minimum atomic E-state index is -0.791. The minimum absolute atomic E-state index is 0.0889. The van der Waals surface area contributed by atoms with Crippen LogP contribution in [-0.4, -0.2) is 49.4 Å². The number of Topliss-reactive ketones (excluding diaryl/α,β-unsaturated/α-hetero) is 1. The van der Waals surface area contributed by atoms with Crippen LogP contribution in [0, 0.1) is 5.82 Å². The Morgan fingerprint density at radius 1 is 1.03 bits per heavy atom. The first-order valence-electron chi connectivity index (χ1n) is 12.0. The van der Waals surface area contributed by atoms with Crippen molar-refractivity contribution in [2.24, 2.45) is 0 Å². The van der Waals surface area contributed by atoms with Crippen molar-refractivity contribution in [3.63, 3.8) is 0 Å². The predicted molar refractivity (Wildman–Crippen MR) is 127 cm³/mol. The van der Waals surface area contributed by atoms with E-state index in [9.17, 15) is 19.1 Å². The van der Waals surface area contributed by atoms with E-state index in [4.69, 9.17) is 4.74 Å². The predicted octanol–water partition coefficient (Wildman–Crippen LogP) is 2.15. The Labute approximate surface area is 200 Å². The van der Waals surface area contributed by atoms with Crippen LogP contribution in [0.5, 0.6) is 5.75 Å². The van der Waals surface area contributed by atoms with Crippen LogP contribution < -0.4 is 14.7 Å². The molecule has 0 aliphatic carbocycles. The summed E-state index contributed by atoms with van der Waals surface area (Å²) in [6.07, 6.45) is 1.59. The summed E-state index contributed by atoms with van der Waals surface area (Å²) in [5.74, 6) is -1.80. The number of carbonyl (C=O) groups is 2. The summed E-state index contributed by atoms with van der Waals surface area (Å²) in [7, 11) is 0. The zero-order valence-electron chi connectivity index (χ0n) is 20.1. The van der Waals surface area contributed by atoms with Gasteiger partial charge in [0, 0.05) is 18.5 Å². The van der Waals surface area contributed by atoms with Gasteiger partial charge in [0.15, 0.2) is 0 Å². The molecule has 7 heteroatoms. The number of ketones is 1. The summed E-state index contributed by atoms with van der Waals surface area (Å²) >= 11 is 0. The molecular formula is C27H33FN2O4. The van der Waals surface area contributed by atoms with Crippen LogP contribution in [0.25, 0.3) is 5.76 Å². The third-order valence-electron chi connectivity index (χ3n) is 6.23. The number of benzene rings is 2. The van der Waals surface area contributed by atoms with Gasteiger partial charge in [0.2, 0.25) is 5.78 Å². The molecule has 182 valence electrons. The molecule has 1 aliphatic heterocycles. The molecule has 6 nitrogen and oxygen atoms in total. The van der Waals surface area contributed by atoms with E-state index in [2.05, 4.69) is 13.8 Å². The number of likely N-dealkylation sites (tertiary alicyclic amines) is 1. The van der Waals surface area contributed by atoms with Gasteiger partial charge in [0.25, 0.3) is 5.91 Å². The monoisotopic (exact) mass is 468 g/mol. The molecule has 3 rings (SSSR count). The van der Waals surface area contributed by atoms with Crippen LogP contribution in [0.3, 0.4) is 0 Å². The van der Waals surface area contributed by atoms with Crippen LogP contribution in [-0.2, 0) is 9.59 Å². The van der Waals surface area contributed by atoms with E-state index in [1.54, 1.807) is 24.3 Å². The summed E-state index contributed by atoms with van der Waals surface area (Å²) < 4.78 is 19.1. The van der Waals surface area contributed by atoms with E-state index in [1.807, 2.05) is 6.92 Å². The quantitative estimate of drug-likeness (QED) is 0.312. The molecule has 2 aromatic rings. The fourth-order valence-corrected chi connectivity index (χ4v) is 4.27. The SMILES string of the molecule is CCCOc1ccc(C2C(=C([O-])c3ccc(F)cc3)C(=O)C(=O)N2CCC[NH+](CC)CC)cc1. The van der Waals surface area contributed by atoms with Crippen LogP contribution in [0.2, 0.25) is 0 Å². The molecule has 1 aliphatic rings. The molecule has 1 atom stereocenters. The molecule has 1 unspecified atom stereocenters. The molecule has 1 amide bonds. The third kappa shape index (κ3) is 5.65. The largest absolute Gasteiger partial charge is 0.872 e. The normalized spacial score (nSPS) is 17.6. The second-order valence-corrected chi connectivity index (χ2v) is 8.46. The number of quaternary nitrogens is 1. The summed E-state index contributed by atoms with van der Waals surface area (Å²) in [5, 5.41) is 13.3. The van der Waals surface area contributed by atoms with Gasteiger partial charge in [-0.1, -0.05) is 36.9 Å². The maximum absolute atomic E-state index is 13.4. The first kappa shape index (κ1) is 25.4. The highest BCUT2D eigenvalue weighted by Gasteiger charge is 2.44. The molecule has 1 fully saturated rings. The number of carbonyl (C=O) groups excluding carboxylic acids is 2. The smallest absolute Gasteiger partial charge is 0.295 e. The summed E-state index contributed by atoms with van der Waals surface area (Å²) in [6.45, 7) is 10.0. The van der Waals surface area contributed by atoms with Crippen LogP contribution in [0.4, 0.5) is 4.39 Å². The first-order chi connectivity index (χ1) is 16.4. The topological polar surface area (TPSA) is 74.1 Å². The van der Waals surface area contributed by atoms with Crippen molar-refractivity contribution in [2.75, 3.05) is 32.8 Å². The van der Waals surface area contributed by atoms with Gasteiger partial charge in [-0.3, -0.25) is 9.59 Å². The van der Waals surface area contributed by atoms with Gasteiger partial charge in [0.1, 0.15) is 11.6 Å². The standard InChI is InChI=1S/C27H33FN2O4/c1-4-18-34-22-14-10-19(11-15-22)24-23(25(31)20-8-12-21(28)13-9-20)26(32)27(33)30(24)17-7-16-29(5-2)6-3/h8-15,24,31H,4-7,16-18H2,1-3H3. The maximum Gasteiger partial charge on any atom is 0.295 e. The van der Waals surface area contributed by atoms with Gasteiger partial charge in [0.05, 0.1) is 32.3 Å². The number of nitrogens with zero attached hydrogens (tertiary/aromatic N) is 1. The molecule has 0 bridgehead atoms. The van der Waals surface area contributed by atoms with Crippen LogP contribution >= 0.6 is 0 Å². The Morgan fingerprint density at radius 2 is 1.68 bits per heavy atom. The number of nitrogens with one attached hydrogen (secondary N) is 1. The van der Waals surface area contributed by atoms with Crippen LogP contribution in [0.15, 0.2) is 54.1 Å². The van der Waals surface area contributed by atoms with Crippen molar-refractivity contribution in [3.8, 4) is 5.75 Å². The molecule has 1 N–H and O–H groups in total. The zero-order chi connectivity index (χ0) is 24.7. The highest BCUT2D eigenvalue weighted by Crippen LogP contribution is 2.39. The Balaban J connectivity index is 1.99. The molecule has 0 spiro atoms. The summed E-state index contributed by atoms with van der Waals surface area (Å²) in [5.41, 5.74) is 0.762. The van der Waals surface area contributed by atoms with Gasteiger partial charge in [-0.05, 0) is 55.7 Å². The zero-order valence-corrected chi connectivity index (χ0v) is 20.1. The number of ether oxygens (including phenoxy) is 1. The lowest BCUT2D eigenvalue weighted by molar-refractivity contribution is -0.896. The molecule has 34 heavy (non-hydrogen) atoms. The third-order valence-corrected chi connectivity index (χ3v) is 6.23. The minimum Gasteiger partial charge on any atom is -0.872 e. The lowest BCUT2D eigenvalue weighted by Gasteiger charge is -2.28. The Bertz CT molecular complexity index is 1010. The average molecular weight is 469 g/mol. The van der Waals surface area contributed by atoms with E-state index in [1.165, 1.54) is 34.1 Å². The molecule has 0 saturated carbocycles. The van der Waals surface area contributed by atoms with Gasteiger partial charge in [-0.25, -0.2) is 4.39 Å². The van der Waals surface area contributed by atoms with Gasteiger partial charge < -0.3 is 19.6 Å². The molecule has 1 heterocycles. The fourth-order valence-electron chi connectivity index (χ4n) is 4.27. The fraction of sp³-hybridized carbons (Fsp3) is 0.407. The van der Waals surface area contributed by atoms with Crippen molar-refractivity contribution < 1.29 is 28.7 Å². The second-order valence-electron chi connectivity index (χ2n) is 8.46. The molecular weight excluding hydrogens is 435 g/mol. The maximum atomic E-state index is 13.4. The number of hydrogen-bond donors (Lipinski definition) is 1. The Hall–Kier alpha value is -3.19. The molecule has 0 aromatic heterocycles. The molecule has 1 saturated heterocycles. The number of halogens is 1. The van der Waals surface area contributed by atoms with Crippen LogP contribution in [0.1, 0.15) is 50.8 Å². The summed E-state index contributed by atoms with van der Waals surface area (Å²) in [4.78, 5) is 29.0. The van der Waals surface area contributed by atoms with Gasteiger partial charge in [-0.2, -0.15) is 0 Å². The van der Waals surface area contributed by atoms with E-state index < -0.39 is 29.3 Å². The van der Waals surface area contributed by atoms with Crippen molar-refractivity contribution >= 4 is 17.4 Å². The van der Waals surface area contributed by atoms with E-state index in [-0.39, 0.29) is 11.1 Å². The van der Waals surface area contributed by atoms with Gasteiger partial charge in [-0.15, -0.1) is 0 Å². The summed E-state index contributed by atoms with van der Waals surface area (Å²) in [6, 6.07) is 11.4. The second kappa shape index (κ2) is 11.8. The van der Waals surface area contributed by atoms with Crippen molar-refractivity contribution in [1.82, 2.24) is 4.90 Å². The van der Waals surface area contributed by atoms with E-state index >= 15 is 0 Å². The average Bonchev–Trinajstić information content (AvgIpc) is 3.10. The lowest BCUT2D eigenvalue weighted by Crippen LogP contribution is -3.11.